The minimum Gasteiger partial charge on any atom is -0.497 e. The minimum absolute atomic E-state index is 0.102. The molecule has 0 aliphatic carbocycles. The Kier molecular flexibility index (Phi) is 5.93. The summed E-state index contributed by atoms with van der Waals surface area (Å²) in [6.45, 7) is 1.75. The van der Waals surface area contributed by atoms with Gasteiger partial charge < -0.3 is 19.3 Å². The number of nitrogens with one attached hydrogen (secondary N) is 1. The molecular formula is C19H18ClN3O4. The minimum atomic E-state index is -0.701. The highest BCUT2D eigenvalue weighted by Gasteiger charge is 2.16. The van der Waals surface area contributed by atoms with Crippen molar-refractivity contribution >= 4 is 17.5 Å². The van der Waals surface area contributed by atoms with Crippen molar-refractivity contribution in [2.24, 2.45) is 0 Å². The fraction of sp³-hybridized carbons (Fsp3) is 0.211. The number of carbonyl (C=O) groups excluding carboxylic acids is 1. The molecule has 0 saturated heterocycles. The molecule has 1 heterocycles. The van der Waals surface area contributed by atoms with Gasteiger partial charge in [-0.05, 0) is 49.4 Å². The smallest absolute Gasteiger partial charge is 0.261 e. The van der Waals surface area contributed by atoms with E-state index in [0.29, 0.717) is 22.5 Å². The Labute approximate surface area is 161 Å². The lowest BCUT2D eigenvalue weighted by molar-refractivity contribution is -0.127. The topological polar surface area (TPSA) is 86.5 Å². The molecule has 27 heavy (non-hydrogen) atoms. The number of benzene rings is 2. The van der Waals surface area contributed by atoms with Crippen LogP contribution in [0.5, 0.6) is 11.5 Å². The molecule has 0 aliphatic heterocycles. The third kappa shape index (κ3) is 4.98. The first-order chi connectivity index (χ1) is 13.0. The summed E-state index contributed by atoms with van der Waals surface area (Å²) in [7, 11) is 1.60. The van der Waals surface area contributed by atoms with Crippen LogP contribution in [0.25, 0.3) is 11.4 Å². The largest absolute Gasteiger partial charge is 0.497 e. The predicted octanol–water partition coefficient (Wildman–Crippen LogP) is 3.48. The number of hydrogen-bond acceptors (Lipinski definition) is 6. The second-order valence-corrected chi connectivity index (χ2v) is 6.11. The molecule has 0 saturated carbocycles. The lowest BCUT2D eigenvalue weighted by Gasteiger charge is -2.14. The van der Waals surface area contributed by atoms with Gasteiger partial charge in [0.25, 0.3) is 5.91 Å². The van der Waals surface area contributed by atoms with E-state index >= 15 is 0 Å². The number of carbonyl (C=O) groups is 1. The van der Waals surface area contributed by atoms with Crippen LogP contribution in [0.15, 0.2) is 53.1 Å². The highest BCUT2D eigenvalue weighted by atomic mass is 35.5. The molecule has 1 unspecified atom stereocenters. The van der Waals surface area contributed by atoms with Gasteiger partial charge in [0.1, 0.15) is 11.5 Å². The number of rotatable bonds is 7. The zero-order chi connectivity index (χ0) is 19.2. The summed E-state index contributed by atoms with van der Waals surface area (Å²) in [5.41, 5.74) is 0.787. The molecule has 8 heteroatoms. The number of halogens is 1. The fourth-order valence-corrected chi connectivity index (χ4v) is 2.47. The van der Waals surface area contributed by atoms with Gasteiger partial charge in [0.05, 0.1) is 13.7 Å². The lowest BCUT2D eigenvalue weighted by atomic mass is 10.2. The van der Waals surface area contributed by atoms with Crippen molar-refractivity contribution in [2.75, 3.05) is 7.11 Å². The fourth-order valence-electron chi connectivity index (χ4n) is 2.29. The van der Waals surface area contributed by atoms with Gasteiger partial charge in [-0.1, -0.05) is 22.8 Å². The van der Waals surface area contributed by atoms with Crippen molar-refractivity contribution < 1.29 is 18.8 Å². The zero-order valence-electron chi connectivity index (χ0n) is 14.8. The van der Waals surface area contributed by atoms with Crippen LogP contribution in [0, 0.1) is 0 Å². The molecule has 3 rings (SSSR count). The van der Waals surface area contributed by atoms with Gasteiger partial charge in [-0.3, -0.25) is 4.79 Å². The van der Waals surface area contributed by atoms with Crippen molar-refractivity contribution in [3.8, 4) is 22.9 Å². The van der Waals surface area contributed by atoms with Gasteiger partial charge in [-0.2, -0.15) is 4.98 Å². The van der Waals surface area contributed by atoms with Crippen molar-refractivity contribution in [2.45, 2.75) is 19.6 Å². The first-order valence-electron chi connectivity index (χ1n) is 8.22. The Balaban J connectivity index is 1.55. The number of hydrogen-bond donors (Lipinski definition) is 1. The molecule has 0 spiro atoms. The first-order valence-corrected chi connectivity index (χ1v) is 8.60. The molecule has 0 bridgehead atoms. The molecular weight excluding hydrogens is 370 g/mol. The maximum absolute atomic E-state index is 12.2. The van der Waals surface area contributed by atoms with Crippen molar-refractivity contribution in [3.63, 3.8) is 0 Å². The quantitative estimate of drug-likeness (QED) is 0.667. The average Bonchev–Trinajstić information content (AvgIpc) is 3.15. The van der Waals surface area contributed by atoms with E-state index in [9.17, 15) is 4.79 Å². The zero-order valence-corrected chi connectivity index (χ0v) is 15.6. The maximum Gasteiger partial charge on any atom is 0.261 e. The highest BCUT2D eigenvalue weighted by molar-refractivity contribution is 6.30. The van der Waals surface area contributed by atoms with Crippen LogP contribution in [0.2, 0.25) is 5.02 Å². The number of methoxy groups -OCH3 is 1. The van der Waals surface area contributed by atoms with E-state index in [1.165, 1.54) is 0 Å². The monoisotopic (exact) mass is 387 g/mol. The summed E-state index contributed by atoms with van der Waals surface area (Å²) in [6, 6.07) is 14.1. The summed E-state index contributed by atoms with van der Waals surface area (Å²) in [4.78, 5) is 16.5. The van der Waals surface area contributed by atoms with Crippen LogP contribution in [0.3, 0.4) is 0 Å². The van der Waals surface area contributed by atoms with Crippen molar-refractivity contribution in [1.82, 2.24) is 15.5 Å². The van der Waals surface area contributed by atoms with Crippen LogP contribution in [-0.4, -0.2) is 29.3 Å². The lowest BCUT2D eigenvalue weighted by Crippen LogP contribution is -2.35. The van der Waals surface area contributed by atoms with E-state index in [1.54, 1.807) is 38.3 Å². The summed E-state index contributed by atoms with van der Waals surface area (Å²) in [6.07, 6.45) is -0.701. The van der Waals surface area contributed by atoms with E-state index in [0.717, 1.165) is 11.3 Å². The molecule has 1 amide bonds. The molecule has 2 aromatic carbocycles. The molecule has 1 N–H and O–H groups in total. The van der Waals surface area contributed by atoms with Crippen LogP contribution >= 0.6 is 11.6 Å². The molecule has 7 nitrogen and oxygen atoms in total. The Bertz CT molecular complexity index is 911. The van der Waals surface area contributed by atoms with Crippen LogP contribution < -0.4 is 14.8 Å². The SMILES string of the molecule is COc1ccc(-c2noc(CNC(=O)C(C)Oc3cccc(Cl)c3)n2)cc1. The third-order valence-corrected chi connectivity index (χ3v) is 3.94. The second-order valence-electron chi connectivity index (χ2n) is 5.68. The van der Waals surface area contributed by atoms with E-state index in [1.807, 2.05) is 24.3 Å². The molecule has 1 aromatic heterocycles. The summed E-state index contributed by atoms with van der Waals surface area (Å²) in [5, 5.41) is 7.16. The Morgan fingerprint density at radius 2 is 2.00 bits per heavy atom. The maximum atomic E-state index is 12.2. The molecule has 0 radical (unpaired) electrons. The third-order valence-electron chi connectivity index (χ3n) is 3.71. The van der Waals surface area contributed by atoms with Crippen LogP contribution in [0.4, 0.5) is 0 Å². The Morgan fingerprint density at radius 3 is 2.70 bits per heavy atom. The highest BCUT2D eigenvalue weighted by Crippen LogP contribution is 2.20. The molecule has 3 aromatic rings. The van der Waals surface area contributed by atoms with Gasteiger partial charge in [0, 0.05) is 10.6 Å². The molecule has 0 fully saturated rings. The summed E-state index contributed by atoms with van der Waals surface area (Å²) >= 11 is 5.90. The van der Waals surface area contributed by atoms with Gasteiger partial charge in [0.15, 0.2) is 6.10 Å². The Hall–Kier alpha value is -3.06. The molecule has 140 valence electrons. The summed E-state index contributed by atoms with van der Waals surface area (Å²) < 4.78 is 15.9. The van der Waals surface area contributed by atoms with Crippen molar-refractivity contribution in [1.29, 1.82) is 0 Å². The second kappa shape index (κ2) is 8.55. The number of ether oxygens (including phenoxy) is 2. The van der Waals surface area contributed by atoms with Gasteiger partial charge in [-0.15, -0.1) is 0 Å². The van der Waals surface area contributed by atoms with E-state index in [-0.39, 0.29) is 12.5 Å². The Morgan fingerprint density at radius 1 is 1.22 bits per heavy atom. The predicted molar refractivity (Wildman–Crippen MR) is 99.7 cm³/mol. The van der Waals surface area contributed by atoms with Gasteiger partial charge >= 0.3 is 0 Å². The van der Waals surface area contributed by atoms with Gasteiger partial charge in [0.2, 0.25) is 11.7 Å². The molecule has 1 atom stereocenters. The van der Waals surface area contributed by atoms with Crippen molar-refractivity contribution in [3.05, 3.63) is 59.4 Å². The summed E-state index contributed by atoms with van der Waals surface area (Å²) in [5.74, 6) is 1.68. The van der Waals surface area contributed by atoms with Crippen LogP contribution in [-0.2, 0) is 11.3 Å². The van der Waals surface area contributed by atoms with Crippen LogP contribution in [0.1, 0.15) is 12.8 Å². The number of amides is 1. The van der Waals surface area contributed by atoms with E-state index < -0.39 is 6.10 Å². The van der Waals surface area contributed by atoms with E-state index in [2.05, 4.69) is 15.5 Å². The normalized spacial score (nSPS) is 11.7. The standard InChI is InChI=1S/C19H18ClN3O4/c1-12(26-16-5-3-4-14(20)10-16)19(24)21-11-17-22-18(23-27-17)13-6-8-15(25-2)9-7-13/h3-10,12H,11H2,1-2H3,(H,21,24). The van der Waals surface area contributed by atoms with E-state index in [4.69, 9.17) is 25.6 Å². The number of aromatic nitrogens is 2. The molecule has 0 aliphatic rings. The first kappa shape index (κ1) is 18.7. The van der Waals surface area contributed by atoms with Gasteiger partial charge in [-0.25, -0.2) is 0 Å². The average molecular weight is 388 g/mol. The number of nitrogens with zero attached hydrogens (tertiary/aromatic N) is 2.